The maximum Gasteiger partial charge on any atom is 0.116 e. The van der Waals surface area contributed by atoms with E-state index in [2.05, 4.69) is 146 Å². The topological polar surface area (TPSA) is 0 Å². The Morgan fingerprint density at radius 2 is 0.829 bits per heavy atom. The average Bonchev–Trinajstić information content (AvgIpc) is 2.92. The molecule has 6 aromatic rings. The van der Waals surface area contributed by atoms with Crippen LogP contribution in [0.2, 0.25) is 0 Å². The average molecular weight is 489 g/mol. The normalized spacial score (nSPS) is 11.3. The highest BCUT2D eigenvalue weighted by molar-refractivity contribution is 7.95. The van der Waals surface area contributed by atoms with E-state index < -0.39 is 7.26 Å². The molecule has 0 amide bonds. The highest BCUT2D eigenvalue weighted by atomic mass is 35.5. The van der Waals surface area contributed by atoms with Gasteiger partial charge in [-0.05, 0) is 75.6 Å². The summed E-state index contributed by atoms with van der Waals surface area (Å²) in [4.78, 5) is 0. The lowest BCUT2D eigenvalue weighted by molar-refractivity contribution is -0.00000643. The summed E-state index contributed by atoms with van der Waals surface area (Å²) in [6.07, 6.45) is 0.987. The second-order valence-corrected chi connectivity index (χ2v) is 12.3. The molecule has 35 heavy (non-hydrogen) atoms. The second kappa shape index (κ2) is 10.0. The molecule has 6 rings (SSSR count). The summed E-state index contributed by atoms with van der Waals surface area (Å²) in [7, 11) is -1.94. The zero-order chi connectivity index (χ0) is 22.8. The molecule has 0 aliphatic carbocycles. The minimum Gasteiger partial charge on any atom is -1.00 e. The Balaban J connectivity index is 0.00000253. The predicted octanol–water partition coefficient (Wildman–Crippen LogP) is 4.49. The first-order valence-corrected chi connectivity index (χ1v) is 13.8. The Kier molecular flexibility index (Phi) is 6.69. The summed E-state index contributed by atoms with van der Waals surface area (Å²) in [5, 5.41) is 9.52. The lowest BCUT2D eigenvalue weighted by Gasteiger charge is -2.28. The van der Waals surface area contributed by atoms with E-state index in [1.54, 1.807) is 0 Å². The van der Waals surface area contributed by atoms with Gasteiger partial charge in [0.25, 0.3) is 0 Å². The van der Waals surface area contributed by atoms with Gasteiger partial charge in [0.05, 0.1) is 6.16 Å². The lowest BCUT2D eigenvalue weighted by atomic mass is 10.0. The molecule has 0 aliphatic rings. The monoisotopic (exact) mass is 488 g/mol. The molecule has 0 fully saturated rings. The van der Waals surface area contributed by atoms with Crippen molar-refractivity contribution in [2.45, 2.75) is 6.16 Å². The van der Waals surface area contributed by atoms with Crippen molar-refractivity contribution in [3.8, 4) is 0 Å². The molecule has 0 unspecified atom stereocenters. The summed E-state index contributed by atoms with van der Waals surface area (Å²) in [5.74, 6) is 0. The van der Waals surface area contributed by atoms with Crippen LogP contribution in [0.4, 0.5) is 0 Å². The minimum atomic E-state index is -1.94. The molecule has 0 atom stereocenters. The molecule has 0 heterocycles. The molecule has 0 N–H and O–H groups in total. The fraction of sp³-hybridized carbons (Fsp3) is 0.0303. The zero-order valence-corrected chi connectivity index (χ0v) is 21.0. The Morgan fingerprint density at radius 3 is 1.34 bits per heavy atom. The van der Waals surface area contributed by atoms with E-state index >= 15 is 0 Å². The first kappa shape index (κ1) is 23.3. The molecule has 0 spiro atoms. The third kappa shape index (κ3) is 4.25. The van der Waals surface area contributed by atoms with Gasteiger partial charge >= 0.3 is 0 Å². The third-order valence-corrected chi connectivity index (χ3v) is 11.2. The second-order valence-electron chi connectivity index (χ2n) is 8.81. The predicted molar refractivity (Wildman–Crippen MR) is 150 cm³/mol. The molecular weight excluding hydrogens is 463 g/mol. The molecule has 0 aliphatic heterocycles. The number of hydrogen-bond acceptors (Lipinski definition) is 0. The van der Waals surface area contributed by atoms with Gasteiger partial charge in [-0.2, -0.15) is 0 Å². The van der Waals surface area contributed by atoms with Crippen LogP contribution >= 0.6 is 7.26 Å². The number of rotatable bonds is 5. The molecule has 0 bridgehead atoms. The zero-order valence-electron chi connectivity index (χ0n) is 19.4. The molecule has 6 aromatic carbocycles. The third-order valence-electron chi connectivity index (χ3n) is 6.84. The van der Waals surface area contributed by atoms with Crippen LogP contribution in [-0.4, -0.2) is 0 Å². The molecular formula is C33H26ClP. The van der Waals surface area contributed by atoms with E-state index in [0.717, 1.165) is 6.16 Å². The van der Waals surface area contributed by atoms with E-state index in [0.29, 0.717) is 0 Å². The Bertz CT molecular complexity index is 1460. The van der Waals surface area contributed by atoms with E-state index in [9.17, 15) is 0 Å². The fourth-order valence-corrected chi connectivity index (χ4v) is 9.47. The number of fused-ring (bicyclic) bond motifs is 2. The van der Waals surface area contributed by atoms with Crippen LogP contribution in [0.5, 0.6) is 0 Å². The van der Waals surface area contributed by atoms with Gasteiger partial charge in [0.15, 0.2) is 0 Å². The molecule has 2 heteroatoms. The van der Waals surface area contributed by atoms with E-state index in [4.69, 9.17) is 0 Å². The largest absolute Gasteiger partial charge is 1.00 e. The lowest BCUT2D eigenvalue weighted by Crippen LogP contribution is -3.00. The van der Waals surface area contributed by atoms with Gasteiger partial charge in [0.1, 0.15) is 23.2 Å². The summed E-state index contributed by atoms with van der Waals surface area (Å²) in [6.45, 7) is 0. The first-order valence-electron chi connectivity index (χ1n) is 11.8. The first-order chi connectivity index (χ1) is 16.8. The maximum absolute atomic E-state index is 2.38. The molecule has 170 valence electrons. The van der Waals surface area contributed by atoms with Crippen LogP contribution in [0, 0.1) is 0 Å². The van der Waals surface area contributed by atoms with Gasteiger partial charge in [0.2, 0.25) is 0 Å². The van der Waals surface area contributed by atoms with Crippen LogP contribution in [0.25, 0.3) is 21.5 Å². The van der Waals surface area contributed by atoms with E-state index in [1.807, 2.05) is 0 Å². The van der Waals surface area contributed by atoms with E-state index in [1.165, 1.54) is 43.0 Å². The van der Waals surface area contributed by atoms with Gasteiger partial charge in [-0.1, -0.05) is 97.1 Å². The molecule has 0 radical (unpaired) electrons. The smallest absolute Gasteiger partial charge is 0.116 e. The minimum absolute atomic E-state index is 0. The van der Waals surface area contributed by atoms with Crippen LogP contribution in [0.3, 0.4) is 0 Å². The van der Waals surface area contributed by atoms with Gasteiger partial charge in [0, 0.05) is 0 Å². The van der Waals surface area contributed by atoms with Gasteiger partial charge in [-0.25, -0.2) is 0 Å². The SMILES string of the molecule is [Cl-].c1ccc([P+](Cc2cccc3cc4ccccc4cc23)(c2ccccc2)c2ccccc2)cc1. The fourth-order valence-electron chi connectivity index (χ4n) is 5.19. The van der Waals surface area contributed by atoms with Crippen molar-refractivity contribution in [1.82, 2.24) is 0 Å². The maximum atomic E-state index is 2.38. The van der Waals surface area contributed by atoms with E-state index in [-0.39, 0.29) is 12.4 Å². The van der Waals surface area contributed by atoms with Crippen LogP contribution < -0.4 is 28.3 Å². The Hall–Kier alpha value is -3.44. The van der Waals surface area contributed by atoms with Gasteiger partial charge in [-0.3, -0.25) is 0 Å². The number of halogens is 1. The van der Waals surface area contributed by atoms with Crippen molar-refractivity contribution in [2.24, 2.45) is 0 Å². The summed E-state index contributed by atoms with van der Waals surface area (Å²) < 4.78 is 0. The van der Waals surface area contributed by atoms with Gasteiger partial charge in [-0.15, -0.1) is 0 Å². The van der Waals surface area contributed by atoms with Crippen molar-refractivity contribution < 1.29 is 12.4 Å². The van der Waals surface area contributed by atoms with Gasteiger partial charge < -0.3 is 12.4 Å². The van der Waals surface area contributed by atoms with Crippen molar-refractivity contribution >= 4 is 44.7 Å². The molecule has 0 saturated carbocycles. The number of benzene rings is 6. The summed E-state index contributed by atoms with van der Waals surface area (Å²) in [6, 6.07) is 53.7. The highest BCUT2D eigenvalue weighted by Crippen LogP contribution is 2.58. The summed E-state index contributed by atoms with van der Waals surface area (Å²) >= 11 is 0. The van der Waals surface area contributed by atoms with Crippen LogP contribution in [0.15, 0.2) is 146 Å². The Labute approximate surface area is 214 Å². The molecule has 0 aromatic heterocycles. The van der Waals surface area contributed by atoms with Crippen molar-refractivity contribution in [3.63, 3.8) is 0 Å². The molecule has 0 nitrogen and oxygen atoms in total. The molecule has 0 saturated heterocycles. The standard InChI is InChI=1S/C33H26P.ClH/c1-4-17-30(18-5-1)34(31-19-6-2-7-20-31,32-21-8-3-9-22-32)25-29-16-12-15-28-23-26-13-10-11-14-27(26)24-33(28)29;/h1-24H,25H2;1H/q+1;/p-1. The highest BCUT2D eigenvalue weighted by Gasteiger charge is 2.45. The van der Waals surface area contributed by atoms with Crippen molar-refractivity contribution in [2.75, 3.05) is 0 Å². The number of hydrogen-bond donors (Lipinski definition) is 0. The summed E-state index contributed by atoms with van der Waals surface area (Å²) in [5.41, 5.74) is 1.41. The quantitative estimate of drug-likeness (QED) is 0.248. The van der Waals surface area contributed by atoms with Crippen LogP contribution in [-0.2, 0) is 6.16 Å². The van der Waals surface area contributed by atoms with Crippen LogP contribution in [0.1, 0.15) is 5.56 Å². The van der Waals surface area contributed by atoms with Crippen molar-refractivity contribution in [1.29, 1.82) is 0 Å². The van der Waals surface area contributed by atoms with Crippen molar-refractivity contribution in [3.05, 3.63) is 151 Å². The Morgan fingerprint density at radius 1 is 0.400 bits per heavy atom.